The van der Waals surface area contributed by atoms with Gasteiger partial charge in [0.25, 0.3) is 5.91 Å². The van der Waals surface area contributed by atoms with Crippen molar-refractivity contribution >= 4 is 34.1 Å². The van der Waals surface area contributed by atoms with E-state index in [9.17, 15) is 14.4 Å². The smallest absolute Gasteiger partial charge is 0.341 e. The van der Waals surface area contributed by atoms with Crippen LogP contribution in [0.4, 0.5) is 5.00 Å². The summed E-state index contributed by atoms with van der Waals surface area (Å²) in [5.74, 6) is -0.372. The summed E-state index contributed by atoms with van der Waals surface area (Å²) in [5, 5.41) is 6.36. The minimum Gasteiger partial charge on any atom is -0.452 e. The molecule has 2 amide bonds. The van der Waals surface area contributed by atoms with Crippen LogP contribution in [-0.4, -0.2) is 30.4 Å². The third-order valence-corrected chi connectivity index (χ3v) is 6.69. The van der Waals surface area contributed by atoms with Crippen molar-refractivity contribution in [1.29, 1.82) is 0 Å². The number of hydrogen-bond donors (Lipinski definition) is 2. The highest BCUT2D eigenvalue weighted by Crippen LogP contribution is 2.36. The molecule has 2 fully saturated rings. The van der Waals surface area contributed by atoms with Gasteiger partial charge in [0.1, 0.15) is 5.00 Å². The zero-order valence-electron chi connectivity index (χ0n) is 16.2. The maximum absolute atomic E-state index is 12.6. The number of carbonyl (C=O) groups is 3. The Morgan fingerprint density at radius 2 is 1.81 bits per heavy atom. The largest absolute Gasteiger partial charge is 0.452 e. The number of hydrogen-bond acceptors (Lipinski definition) is 5. The highest BCUT2D eigenvalue weighted by Gasteiger charge is 2.32. The Labute approximate surface area is 164 Å². The predicted molar refractivity (Wildman–Crippen MR) is 105 cm³/mol. The first-order chi connectivity index (χ1) is 12.9. The molecule has 2 N–H and O–H groups in total. The first kappa shape index (κ1) is 19.9. The Morgan fingerprint density at radius 1 is 1.11 bits per heavy atom. The summed E-state index contributed by atoms with van der Waals surface area (Å²) in [6, 6.07) is 0.156. The standard InChI is InChI=1S/C20H28N2O4S/c1-11-6-4-5-7-15(11)21-16(23)10-26-20(25)17-12(2)13(3)27-19(17)22-18(24)14-8-9-14/h11,14-15H,4-10H2,1-3H3,(H,21,23)(H,22,24)/t11-,15+/m1/s1. The van der Waals surface area contributed by atoms with Gasteiger partial charge in [0.2, 0.25) is 5.91 Å². The summed E-state index contributed by atoms with van der Waals surface area (Å²) >= 11 is 1.37. The molecule has 0 saturated heterocycles. The van der Waals surface area contributed by atoms with Crippen LogP contribution >= 0.6 is 11.3 Å². The van der Waals surface area contributed by atoms with Gasteiger partial charge in [-0.15, -0.1) is 11.3 Å². The normalized spacial score (nSPS) is 22.2. The molecule has 7 heteroatoms. The van der Waals surface area contributed by atoms with Gasteiger partial charge in [-0.2, -0.15) is 0 Å². The number of aryl methyl sites for hydroxylation is 1. The van der Waals surface area contributed by atoms with Crippen molar-refractivity contribution in [3.63, 3.8) is 0 Å². The molecule has 0 spiro atoms. The second-order valence-electron chi connectivity index (χ2n) is 7.76. The van der Waals surface area contributed by atoms with Gasteiger partial charge in [-0.25, -0.2) is 4.79 Å². The first-order valence-corrected chi connectivity index (χ1v) is 10.6. The van der Waals surface area contributed by atoms with Crippen molar-refractivity contribution in [2.75, 3.05) is 11.9 Å². The van der Waals surface area contributed by atoms with E-state index in [1.54, 1.807) is 0 Å². The van der Waals surface area contributed by atoms with Crippen LogP contribution in [0.5, 0.6) is 0 Å². The van der Waals surface area contributed by atoms with E-state index >= 15 is 0 Å². The minimum absolute atomic E-state index is 0.0469. The summed E-state index contributed by atoms with van der Waals surface area (Å²) in [7, 11) is 0. The molecule has 0 bridgehead atoms. The Hall–Kier alpha value is -1.89. The van der Waals surface area contributed by atoms with Crippen molar-refractivity contribution in [1.82, 2.24) is 5.32 Å². The first-order valence-electron chi connectivity index (χ1n) is 9.74. The highest BCUT2D eigenvalue weighted by atomic mass is 32.1. The van der Waals surface area contributed by atoms with Gasteiger partial charge in [-0.1, -0.05) is 19.8 Å². The summed E-state index contributed by atoms with van der Waals surface area (Å²) in [6.45, 7) is 5.58. The van der Waals surface area contributed by atoms with Crippen LogP contribution in [0.3, 0.4) is 0 Å². The molecule has 0 aliphatic heterocycles. The number of carbonyl (C=O) groups excluding carboxylic acids is 3. The van der Waals surface area contributed by atoms with Crippen molar-refractivity contribution in [3.05, 3.63) is 16.0 Å². The molecule has 2 atom stereocenters. The van der Waals surface area contributed by atoms with E-state index in [1.807, 2.05) is 13.8 Å². The van der Waals surface area contributed by atoms with Gasteiger partial charge in [0, 0.05) is 16.8 Å². The SMILES string of the molecule is Cc1sc(NC(=O)C2CC2)c(C(=O)OCC(=O)N[C@H]2CCCC[C@H]2C)c1C. The van der Waals surface area contributed by atoms with Crippen LogP contribution in [0.15, 0.2) is 0 Å². The zero-order chi connectivity index (χ0) is 19.6. The fourth-order valence-corrected chi connectivity index (χ4v) is 4.55. The predicted octanol–water partition coefficient (Wildman–Crippen LogP) is 3.57. The van der Waals surface area contributed by atoms with Gasteiger partial charge in [-0.05, 0) is 51.0 Å². The molecule has 3 rings (SSSR count). The quantitative estimate of drug-likeness (QED) is 0.725. The molecule has 1 heterocycles. The van der Waals surface area contributed by atoms with Crippen molar-refractivity contribution in [2.45, 2.75) is 65.3 Å². The number of thiophene rings is 1. The molecule has 2 aliphatic rings. The molecule has 0 radical (unpaired) electrons. The number of amides is 2. The lowest BCUT2D eigenvalue weighted by Gasteiger charge is -2.29. The average Bonchev–Trinajstić information content (AvgIpc) is 3.43. The van der Waals surface area contributed by atoms with Crippen molar-refractivity contribution in [3.8, 4) is 0 Å². The van der Waals surface area contributed by atoms with Crippen LogP contribution in [0.25, 0.3) is 0 Å². The molecule has 2 aliphatic carbocycles. The second-order valence-corrected chi connectivity index (χ2v) is 8.99. The average molecular weight is 393 g/mol. The van der Waals surface area contributed by atoms with E-state index in [2.05, 4.69) is 17.6 Å². The molecule has 1 aromatic rings. The monoisotopic (exact) mass is 392 g/mol. The highest BCUT2D eigenvalue weighted by molar-refractivity contribution is 7.16. The molecular weight excluding hydrogens is 364 g/mol. The van der Waals surface area contributed by atoms with Crippen LogP contribution in [0.2, 0.25) is 0 Å². The summed E-state index contributed by atoms with van der Waals surface area (Å²) in [5.41, 5.74) is 1.16. The Kier molecular flexibility index (Phi) is 6.19. The zero-order valence-corrected chi connectivity index (χ0v) is 17.0. The number of ether oxygens (including phenoxy) is 1. The summed E-state index contributed by atoms with van der Waals surface area (Å²) in [6.07, 6.45) is 6.20. The number of nitrogens with one attached hydrogen (secondary N) is 2. The molecule has 27 heavy (non-hydrogen) atoms. The van der Waals surface area contributed by atoms with E-state index in [1.165, 1.54) is 17.8 Å². The number of esters is 1. The lowest BCUT2D eigenvalue weighted by Crippen LogP contribution is -2.42. The van der Waals surface area contributed by atoms with Gasteiger partial charge in [0.05, 0.1) is 5.56 Å². The fraction of sp³-hybridized carbons (Fsp3) is 0.650. The van der Waals surface area contributed by atoms with E-state index in [4.69, 9.17) is 4.74 Å². The molecule has 2 saturated carbocycles. The number of anilines is 1. The Bertz CT molecular complexity index is 739. The molecule has 6 nitrogen and oxygen atoms in total. The molecule has 0 aromatic carbocycles. The summed E-state index contributed by atoms with van der Waals surface area (Å²) < 4.78 is 5.26. The van der Waals surface area contributed by atoms with Gasteiger partial charge < -0.3 is 15.4 Å². The van der Waals surface area contributed by atoms with Crippen LogP contribution in [0, 0.1) is 25.7 Å². The van der Waals surface area contributed by atoms with Crippen LogP contribution in [0.1, 0.15) is 66.2 Å². The van der Waals surface area contributed by atoms with E-state index in [0.717, 1.165) is 42.5 Å². The van der Waals surface area contributed by atoms with Crippen LogP contribution < -0.4 is 10.6 Å². The molecular formula is C20H28N2O4S. The molecule has 1 aromatic heterocycles. The number of rotatable bonds is 6. The fourth-order valence-electron chi connectivity index (χ4n) is 3.50. The van der Waals surface area contributed by atoms with E-state index in [0.29, 0.717) is 16.5 Å². The van der Waals surface area contributed by atoms with Gasteiger partial charge in [0.15, 0.2) is 6.61 Å². The van der Waals surface area contributed by atoms with Crippen molar-refractivity contribution < 1.29 is 19.1 Å². The minimum atomic E-state index is -0.560. The third kappa shape index (κ3) is 4.89. The van der Waals surface area contributed by atoms with Crippen molar-refractivity contribution in [2.24, 2.45) is 11.8 Å². The Balaban J connectivity index is 1.58. The third-order valence-electron chi connectivity index (χ3n) is 5.57. The Morgan fingerprint density at radius 3 is 2.48 bits per heavy atom. The lowest BCUT2D eigenvalue weighted by atomic mass is 9.86. The lowest BCUT2D eigenvalue weighted by molar-refractivity contribution is -0.125. The summed E-state index contributed by atoms with van der Waals surface area (Å²) in [4.78, 5) is 37.8. The molecule has 0 unspecified atom stereocenters. The second kappa shape index (κ2) is 8.42. The van der Waals surface area contributed by atoms with Crippen LogP contribution in [-0.2, 0) is 14.3 Å². The maximum Gasteiger partial charge on any atom is 0.341 e. The topological polar surface area (TPSA) is 84.5 Å². The van der Waals surface area contributed by atoms with Gasteiger partial charge >= 0.3 is 5.97 Å². The van der Waals surface area contributed by atoms with Gasteiger partial charge in [-0.3, -0.25) is 9.59 Å². The van der Waals surface area contributed by atoms with E-state index < -0.39 is 5.97 Å². The maximum atomic E-state index is 12.6. The van der Waals surface area contributed by atoms with E-state index in [-0.39, 0.29) is 30.4 Å². The molecule has 148 valence electrons.